The zero-order valence-electron chi connectivity index (χ0n) is 20.5. The van der Waals surface area contributed by atoms with E-state index in [9.17, 15) is 9.59 Å². The number of aromatic nitrogens is 1. The number of hydrogen-bond donors (Lipinski definition) is 0. The minimum atomic E-state index is -0.282. The van der Waals surface area contributed by atoms with Gasteiger partial charge in [-0.2, -0.15) is 0 Å². The summed E-state index contributed by atoms with van der Waals surface area (Å²) in [4.78, 5) is 37.5. The number of pyridine rings is 1. The molecule has 7 nitrogen and oxygen atoms in total. The minimum absolute atomic E-state index is 0.0525. The zero-order valence-corrected chi connectivity index (χ0v) is 21.3. The van der Waals surface area contributed by atoms with E-state index < -0.39 is 0 Å². The van der Waals surface area contributed by atoms with Crippen molar-refractivity contribution in [3.63, 3.8) is 0 Å². The molecule has 2 aliphatic rings. The first kappa shape index (κ1) is 25.3. The zero-order chi connectivity index (χ0) is 25.1. The number of hydrogen-bond acceptors (Lipinski definition) is 5. The highest BCUT2D eigenvalue weighted by Gasteiger charge is 2.34. The maximum atomic E-state index is 13.0. The maximum absolute atomic E-state index is 13.0. The molecule has 2 saturated heterocycles. The van der Waals surface area contributed by atoms with Crippen LogP contribution in [0.4, 0.5) is 5.82 Å². The lowest BCUT2D eigenvalue weighted by atomic mass is 9.95. The van der Waals surface area contributed by atoms with Gasteiger partial charge in [0.05, 0.1) is 5.56 Å². The third kappa shape index (κ3) is 5.72. The van der Waals surface area contributed by atoms with Crippen molar-refractivity contribution in [2.24, 2.45) is 0 Å². The number of halogens is 1. The lowest BCUT2D eigenvalue weighted by molar-refractivity contribution is -0.145. The summed E-state index contributed by atoms with van der Waals surface area (Å²) in [5, 5.41) is 0.603. The second-order valence-electron chi connectivity index (χ2n) is 9.54. The van der Waals surface area contributed by atoms with Crippen LogP contribution in [0.5, 0.6) is 0 Å². The topological polar surface area (TPSA) is 67.1 Å². The summed E-state index contributed by atoms with van der Waals surface area (Å²) < 4.78 is 5.60. The number of amides is 1. The monoisotopic (exact) mass is 494 g/mol. The number of piperazine rings is 1. The molecule has 0 unspecified atom stereocenters. The smallest absolute Gasteiger partial charge is 0.272 e. The summed E-state index contributed by atoms with van der Waals surface area (Å²) in [6, 6.07) is 5.65. The van der Waals surface area contributed by atoms with E-state index in [-0.39, 0.29) is 30.3 Å². The Morgan fingerprint density at radius 1 is 1.23 bits per heavy atom. The Bertz CT molecular complexity index is 1170. The predicted octanol–water partition coefficient (Wildman–Crippen LogP) is 4.54. The Morgan fingerprint density at radius 3 is 2.66 bits per heavy atom. The van der Waals surface area contributed by atoms with Gasteiger partial charge < -0.3 is 14.5 Å². The quantitative estimate of drug-likeness (QED) is 0.435. The molecule has 35 heavy (non-hydrogen) atoms. The van der Waals surface area contributed by atoms with Crippen LogP contribution < -0.4 is 0 Å². The summed E-state index contributed by atoms with van der Waals surface area (Å²) >= 11 is 6.46. The van der Waals surface area contributed by atoms with Gasteiger partial charge in [-0.25, -0.2) is 0 Å². The summed E-state index contributed by atoms with van der Waals surface area (Å²) in [7, 11) is 0. The Balaban J connectivity index is 1.43. The lowest BCUT2D eigenvalue weighted by Gasteiger charge is -2.41. The van der Waals surface area contributed by atoms with Crippen LogP contribution >= 0.6 is 11.6 Å². The van der Waals surface area contributed by atoms with Crippen molar-refractivity contribution in [1.82, 2.24) is 14.8 Å². The van der Waals surface area contributed by atoms with Crippen LogP contribution in [-0.4, -0.2) is 64.9 Å². The van der Waals surface area contributed by atoms with E-state index >= 15 is 0 Å². The fourth-order valence-corrected chi connectivity index (χ4v) is 5.22. The molecule has 1 aromatic carbocycles. The van der Waals surface area contributed by atoms with Crippen molar-refractivity contribution in [2.75, 3.05) is 26.2 Å². The van der Waals surface area contributed by atoms with Gasteiger partial charge in [-0.15, -0.1) is 4.98 Å². The van der Waals surface area contributed by atoms with Gasteiger partial charge in [0.25, 0.3) is 11.7 Å². The van der Waals surface area contributed by atoms with Crippen molar-refractivity contribution in [3.8, 4) is 0 Å². The van der Waals surface area contributed by atoms with Crippen LogP contribution in [0.25, 0.3) is 4.85 Å². The highest BCUT2D eigenvalue weighted by molar-refractivity contribution is 6.30. The third-order valence-electron chi connectivity index (χ3n) is 7.01. The van der Waals surface area contributed by atoms with Crippen molar-refractivity contribution < 1.29 is 14.3 Å². The van der Waals surface area contributed by atoms with E-state index in [0.29, 0.717) is 41.7 Å². The first-order valence-corrected chi connectivity index (χ1v) is 12.4. The first-order valence-electron chi connectivity index (χ1n) is 12.1. The fourth-order valence-electron chi connectivity index (χ4n) is 4.96. The fraction of sp³-hybridized carbons (Fsp3) is 0.481. The molecular weight excluding hydrogens is 464 g/mol. The molecule has 0 bridgehead atoms. The number of ketones is 1. The Morgan fingerprint density at radius 2 is 2.00 bits per heavy atom. The van der Waals surface area contributed by atoms with Crippen LogP contribution in [0, 0.1) is 20.4 Å². The Hall–Kier alpha value is -2.79. The van der Waals surface area contributed by atoms with Gasteiger partial charge in [0.2, 0.25) is 0 Å². The highest BCUT2D eigenvalue weighted by atomic mass is 35.5. The molecular formula is C27H31ClN4O3. The molecule has 2 aliphatic heterocycles. The van der Waals surface area contributed by atoms with E-state index in [4.69, 9.17) is 22.9 Å². The second kappa shape index (κ2) is 10.9. The number of Topliss-reactive ketones (excluding diaryl/α,β-unsaturated/α-hetero) is 1. The molecule has 1 aromatic heterocycles. The number of carbonyl (C=O) groups is 2. The Kier molecular flexibility index (Phi) is 7.85. The molecule has 0 saturated carbocycles. The molecule has 4 rings (SSSR count). The molecule has 2 atom stereocenters. The number of nitrogens with zero attached hydrogens (tertiary/aromatic N) is 4. The number of carbonyl (C=O) groups excluding carboxylic acids is 2. The molecule has 0 spiro atoms. The molecule has 1 amide bonds. The average molecular weight is 495 g/mol. The Labute approximate surface area is 211 Å². The predicted molar refractivity (Wildman–Crippen MR) is 135 cm³/mol. The van der Waals surface area contributed by atoms with Gasteiger partial charge in [-0.05, 0) is 68.0 Å². The maximum Gasteiger partial charge on any atom is 0.272 e. The van der Waals surface area contributed by atoms with Gasteiger partial charge in [0, 0.05) is 50.3 Å². The number of benzene rings is 1. The van der Waals surface area contributed by atoms with Gasteiger partial charge >= 0.3 is 0 Å². The molecule has 8 heteroatoms. The molecule has 0 N–H and O–H groups in total. The van der Waals surface area contributed by atoms with Crippen LogP contribution in [0.2, 0.25) is 5.02 Å². The number of rotatable bonds is 6. The number of aryl methyl sites for hydroxylation is 1. The third-order valence-corrected chi connectivity index (χ3v) is 7.23. The van der Waals surface area contributed by atoms with Crippen molar-refractivity contribution in [2.45, 2.75) is 58.7 Å². The van der Waals surface area contributed by atoms with Crippen LogP contribution in [0.1, 0.15) is 52.4 Å². The summed E-state index contributed by atoms with van der Waals surface area (Å²) in [5.41, 5.74) is 4.22. The lowest BCUT2D eigenvalue weighted by Crippen LogP contribution is -2.55. The molecule has 0 aliphatic carbocycles. The second-order valence-corrected chi connectivity index (χ2v) is 9.98. The summed E-state index contributed by atoms with van der Waals surface area (Å²) in [6.07, 6.45) is 3.18. The summed E-state index contributed by atoms with van der Waals surface area (Å²) in [6.45, 7) is 16.7. The van der Waals surface area contributed by atoms with E-state index in [1.165, 1.54) is 6.20 Å². The molecule has 3 heterocycles. The standard InChI is InChI=1S/C27H31ClN4O3/c1-17-10-21(14-30-26(17)29-4)24(33)13-20-11-23(28)12-22(19(20)3)16-31-7-8-32(18(2)15-31)27(34)25-6-5-9-35-25/h10-12,14,18,25H,5-9,13,15-16H2,1-3H3/t18-,25+/m0/s1. The minimum Gasteiger partial charge on any atom is -0.368 e. The average Bonchev–Trinajstić information content (AvgIpc) is 3.37. The largest absolute Gasteiger partial charge is 0.368 e. The van der Waals surface area contributed by atoms with Crippen molar-refractivity contribution >= 4 is 29.1 Å². The van der Waals surface area contributed by atoms with Crippen LogP contribution in [0.15, 0.2) is 24.4 Å². The molecule has 0 radical (unpaired) electrons. The highest BCUT2D eigenvalue weighted by Crippen LogP contribution is 2.26. The normalized spacial score (nSPS) is 20.6. The van der Waals surface area contributed by atoms with Gasteiger partial charge in [0.15, 0.2) is 5.78 Å². The van der Waals surface area contributed by atoms with E-state index in [1.54, 1.807) is 13.0 Å². The van der Waals surface area contributed by atoms with Crippen LogP contribution in [0.3, 0.4) is 0 Å². The van der Waals surface area contributed by atoms with Crippen LogP contribution in [-0.2, 0) is 22.5 Å². The first-order chi connectivity index (χ1) is 16.8. The van der Waals surface area contributed by atoms with Gasteiger partial charge in [-0.1, -0.05) is 24.2 Å². The SMILES string of the molecule is [C-]#[N+]c1ncc(C(=O)Cc2cc(Cl)cc(CN3CCN(C(=O)[C@H]4CCCO4)[C@@H](C)C3)c2C)cc1C. The van der Waals surface area contributed by atoms with Crippen molar-refractivity contribution in [1.29, 1.82) is 0 Å². The molecule has 2 fully saturated rings. The molecule has 2 aromatic rings. The van der Waals surface area contributed by atoms with E-state index in [1.807, 2.05) is 24.0 Å². The van der Waals surface area contributed by atoms with E-state index in [0.717, 1.165) is 42.6 Å². The van der Waals surface area contributed by atoms with E-state index in [2.05, 4.69) is 21.7 Å². The van der Waals surface area contributed by atoms with Gasteiger partial charge in [0.1, 0.15) is 12.3 Å². The summed E-state index contributed by atoms with van der Waals surface area (Å²) in [5.74, 6) is 0.376. The van der Waals surface area contributed by atoms with Gasteiger partial charge in [-0.3, -0.25) is 14.5 Å². The van der Waals surface area contributed by atoms with Crippen molar-refractivity contribution in [3.05, 3.63) is 68.7 Å². The molecule has 184 valence electrons. The number of ether oxygens (including phenoxy) is 1.